The second-order valence-corrected chi connectivity index (χ2v) is 6.84. The number of halogens is 3. The lowest BCUT2D eigenvalue weighted by Gasteiger charge is -2.34. The van der Waals surface area contributed by atoms with Crippen LogP contribution in [0.5, 0.6) is 0 Å². The molecule has 0 atom stereocenters. The lowest BCUT2D eigenvalue weighted by molar-refractivity contribution is 0.0947. The van der Waals surface area contributed by atoms with Gasteiger partial charge in [-0.1, -0.05) is 36.4 Å². The second kappa shape index (κ2) is 14.5. The van der Waals surface area contributed by atoms with E-state index in [-0.39, 0.29) is 43.1 Å². The molecule has 0 aliphatic carbocycles. The average molecular weight is 462 g/mol. The summed E-state index contributed by atoms with van der Waals surface area (Å²) in [5.41, 5.74) is 8.34. The van der Waals surface area contributed by atoms with Crippen molar-refractivity contribution >= 4 is 48.8 Å². The van der Waals surface area contributed by atoms with E-state index >= 15 is 0 Å². The number of benzene rings is 2. The Morgan fingerprint density at radius 3 is 2.21 bits per heavy atom. The number of hydrogen-bond acceptors (Lipinski definition) is 4. The molecular formula is C21H31Cl3N4O. The summed E-state index contributed by atoms with van der Waals surface area (Å²) in [4.78, 5) is 17.1. The molecule has 1 saturated heterocycles. The zero-order valence-electron chi connectivity index (χ0n) is 16.5. The molecule has 1 fully saturated rings. The van der Waals surface area contributed by atoms with E-state index in [1.165, 1.54) is 5.56 Å². The van der Waals surface area contributed by atoms with Gasteiger partial charge in [0.15, 0.2) is 0 Å². The van der Waals surface area contributed by atoms with Crippen LogP contribution in [0.2, 0.25) is 0 Å². The fourth-order valence-corrected chi connectivity index (χ4v) is 3.30. The fraction of sp³-hybridized carbons (Fsp3) is 0.381. The van der Waals surface area contributed by atoms with Crippen LogP contribution in [-0.2, 0) is 6.54 Å². The number of amides is 1. The van der Waals surface area contributed by atoms with Crippen molar-refractivity contribution in [3.63, 3.8) is 0 Å². The van der Waals surface area contributed by atoms with E-state index in [2.05, 4.69) is 45.4 Å². The maximum absolute atomic E-state index is 12.1. The van der Waals surface area contributed by atoms with Crippen molar-refractivity contribution in [1.82, 2.24) is 15.1 Å². The Bertz CT molecular complexity index is 710. The van der Waals surface area contributed by atoms with E-state index in [0.29, 0.717) is 17.8 Å². The Morgan fingerprint density at radius 1 is 0.897 bits per heavy atom. The second-order valence-electron chi connectivity index (χ2n) is 6.84. The standard InChI is InChI=1S/C21H28N4O.3ClH/c22-20-9-4-8-19(16-20)21(26)23-10-5-11-24-12-14-25(15-13-24)17-18-6-2-1-3-7-18;;;/h1-4,6-9,16H,5,10-15,17,22H2,(H,23,26);3*1H. The Morgan fingerprint density at radius 2 is 1.55 bits per heavy atom. The smallest absolute Gasteiger partial charge is 0.251 e. The van der Waals surface area contributed by atoms with Crippen LogP contribution < -0.4 is 11.1 Å². The third-order valence-corrected chi connectivity index (χ3v) is 4.80. The predicted molar refractivity (Wildman–Crippen MR) is 128 cm³/mol. The van der Waals surface area contributed by atoms with Crippen molar-refractivity contribution in [1.29, 1.82) is 0 Å². The highest BCUT2D eigenvalue weighted by Gasteiger charge is 2.16. The van der Waals surface area contributed by atoms with Crippen LogP contribution in [0.1, 0.15) is 22.3 Å². The van der Waals surface area contributed by atoms with Crippen LogP contribution in [0.4, 0.5) is 5.69 Å². The molecule has 2 aromatic carbocycles. The van der Waals surface area contributed by atoms with Gasteiger partial charge in [0.1, 0.15) is 0 Å². The van der Waals surface area contributed by atoms with Gasteiger partial charge in [-0.2, -0.15) is 0 Å². The van der Waals surface area contributed by atoms with Crippen LogP contribution >= 0.6 is 37.2 Å². The third kappa shape index (κ3) is 9.24. The first kappa shape index (κ1) is 27.5. The highest BCUT2D eigenvalue weighted by molar-refractivity contribution is 5.94. The summed E-state index contributed by atoms with van der Waals surface area (Å²) in [5.74, 6) is -0.0509. The molecule has 162 valence electrons. The molecule has 1 aliphatic heterocycles. The van der Waals surface area contributed by atoms with Crippen LogP contribution in [0.3, 0.4) is 0 Å². The molecule has 0 radical (unpaired) electrons. The van der Waals surface area contributed by atoms with E-state index in [1.54, 1.807) is 24.3 Å². The number of hydrogen-bond donors (Lipinski definition) is 2. The van der Waals surface area contributed by atoms with Gasteiger partial charge in [-0.25, -0.2) is 0 Å². The van der Waals surface area contributed by atoms with E-state index in [9.17, 15) is 4.79 Å². The van der Waals surface area contributed by atoms with Crippen molar-refractivity contribution < 1.29 is 4.79 Å². The molecular weight excluding hydrogens is 431 g/mol. The molecule has 1 heterocycles. The Hall–Kier alpha value is -1.50. The lowest BCUT2D eigenvalue weighted by Crippen LogP contribution is -2.46. The SMILES string of the molecule is Cl.Cl.Cl.Nc1cccc(C(=O)NCCCN2CCN(Cc3ccccc3)CC2)c1. The number of rotatable bonds is 7. The molecule has 5 nitrogen and oxygen atoms in total. The Balaban J connectivity index is 0.00000261. The lowest BCUT2D eigenvalue weighted by atomic mass is 10.2. The quantitative estimate of drug-likeness (QED) is 0.489. The van der Waals surface area contributed by atoms with Gasteiger partial charge in [-0.05, 0) is 36.7 Å². The van der Waals surface area contributed by atoms with Crippen LogP contribution in [0.15, 0.2) is 54.6 Å². The predicted octanol–water partition coefficient (Wildman–Crippen LogP) is 3.47. The summed E-state index contributed by atoms with van der Waals surface area (Å²) in [7, 11) is 0. The minimum absolute atomic E-state index is 0. The monoisotopic (exact) mass is 460 g/mol. The largest absolute Gasteiger partial charge is 0.399 e. The minimum atomic E-state index is -0.0509. The Kier molecular flexibility index (Phi) is 13.7. The zero-order valence-corrected chi connectivity index (χ0v) is 18.9. The zero-order chi connectivity index (χ0) is 18.2. The average Bonchev–Trinajstić information content (AvgIpc) is 2.67. The molecule has 1 aliphatic rings. The van der Waals surface area contributed by atoms with Gasteiger partial charge in [0.05, 0.1) is 0 Å². The molecule has 2 aromatic rings. The Labute approximate surface area is 192 Å². The molecule has 3 rings (SSSR count). The molecule has 0 spiro atoms. The van der Waals surface area contributed by atoms with Gasteiger partial charge in [-0.15, -0.1) is 37.2 Å². The number of carbonyl (C=O) groups is 1. The normalized spacial score (nSPS) is 14.1. The summed E-state index contributed by atoms with van der Waals surface area (Å²) < 4.78 is 0. The summed E-state index contributed by atoms with van der Waals surface area (Å²) in [6, 6.07) is 17.7. The number of anilines is 1. The minimum Gasteiger partial charge on any atom is -0.399 e. The van der Waals surface area contributed by atoms with Crippen LogP contribution in [0, 0.1) is 0 Å². The highest BCUT2D eigenvalue weighted by atomic mass is 35.5. The van der Waals surface area contributed by atoms with Crippen molar-refractivity contribution in [2.75, 3.05) is 45.0 Å². The molecule has 29 heavy (non-hydrogen) atoms. The first-order valence-corrected chi connectivity index (χ1v) is 9.33. The van der Waals surface area contributed by atoms with Gasteiger partial charge >= 0.3 is 0 Å². The van der Waals surface area contributed by atoms with Crippen LogP contribution in [-0.4, -0.2) is 55.0 Å². The molecule has 0 saturated carbocycles. The number of nitrogens with one attached hydrogen (secondary N) is 1. The topological polar surface area (TPSA) is 61.6 Å². The number of nitrogens with zero attached hydrogens (tertiary/aromatic N) is 2. The molecule has 0 aromatic heterocycles. The molecule has 1 amide bonds. The molecule has 8 heteroatoms. The van der Waals surface area contributed by atoms with Gasteiger partial charge in [0, 0.05) is 50.5 Å². The number of nitrogens with two attached hydrogens (primary N) is 1. The summed E-state index contributed by atoms with van der Waals surface area (Å²) in [5, 5.41) is 2.98. The number of carbonyl (C=O) groups excluding carboxylic acids is 1. The third-order valence-electron chi connectivity index (χ3n) is 4.80. The van der Waals surface area contributed by atoms with Crippen LogP contribution in [0.25, 0.3) is 0 Å². The summed E-state index contributed by atoms with van der Waals surface area (Å²) >= 11 is 0. The van der Waals surface area contributed by atoms with Gasteiger partial charge < -0.3 is 16.0 Å². The summed E-state index contributed by atoms with van der Waals surface area (Å²) in [6.45, 7) is 7.14. The summed E-state index contributed by atoms with van der Waals surface area (Å²) in [6.07, 6.45) is 0.965. The van der Waals surface area contributed by atoms with E-state index in [4.69, 9.17) is 5.73 Å². The number of piperazine rings is 1. The van der Waals surface area contributed by atoms with E-state index < -0.39 is 0 Å². The first-order chi connectivity index (χ1) is 12.7. The molecule has 3 N–H and O–H groups in total. The van der Waals surface area contributed by atoms with Gasteiger partial charge in [0.2, 0.25) is 0 Å². The highest BCUT2D eigenvalue weighted by Crippen LogP contribution is 2.09. The van der Waals surface area contributed by atoms with E-state index in [1.807, 2.05) is 0 Å². The molecule has 0 bridgehead atoms. The van der Waals surface area contributed by atoms with Crippen molar-refractivity contribution in [2.45, 2.75) is 13.0 Å². The van der Waals surface area contributed by atoms with E-state index in [0.717, 1.165) is 45.7 Å². The maximum Gasteiger partial charge on any atom is 0.251 e. The van der Waals surface area contributed by atoms with Crippen molar-refractivity contribution in [3.05, 3.63) is 65.7 Å². The molecule has 0 unspecified atom stereocenters. The maximum atomic E-state index is 12.1. The van der Waals surface area contributed by atoms with Crippen molar-refractivity contribution in [3.8, 4) is 0 Å². The van der Waals surface area contributed by atoms with Crippen molar-refractivity contribution in [2.24, 2.45) is 0 Å². The van der Waals surface area contributed by atoms with Gasteiger partial charge in [-0.3, -0.25) is 9.69 Å². The first-order valence-electron chi connectivity index (χ1n) is 9.33. The van der Waals surface area contributed by atoms with Gasteiger partial charge in [0.25, 0.3) is 5.91 Å². The number of nitrogen functional groups attached to an aromatic ring is 1. The fourth-order valence-electron chi connectivity index (χ4n) is 3.30.